The van der Waals surface area contributed by atoms with E-state index in [0.717, 1.165) is 12.8 Å². The van der Waals surface area contributed by atoms with Gasteiger partial charge in [-0.3, -0.25) is 4.57 Å². The van der Waals surface area contributed by atoms with E-state index < -0.39 is 0 Å². The van der Waals surface area contributed by atoms with Crippen molar-refractivity contribution in [3.05, 3.63) is 18.7 Å². The Hall–Kier alpha value is -1.83. The van der Waals surface area contributed by atoms with Crippen LogP contribution in [0.5, 0.6) is 0 Å². The first-order valence-electron chi connectivity index (χ1n) is 4.51. The summed E-state index contributed by atoms with van der Waals surface area (Å²) >= 11 is 0. The van der Waals surface area contributed by atoms with E-state index in [9.17, 15) is 4.79 Å². The third-order valence-electron chi connectivity index (χ3n) is 2.37. The fraction of sp³-hybridized carbons (Fsp3) is 0.444. The minimum absolute atomic E-state index is 0.161. The van der Waals surface area contributed by atoms with Crippen molar-refractivity contribution < 1.29 is 4.79 Å². The van der Waals surface area contributed by atoms with Gasteiger partial charge in [-0.2, -0.15) is 5.26 Å². The predicted octanol–water partition coefficient (Wildman–Crippen LogP) is 0.839. The molecule has 2 rings (SSSR count). The zero-order chi connectivity index (χ0) is 9.97. The van der Waals surface area contributed by atoms with Crippen LogP contribution >= 0.6 is 0 Å². The second kappa shape index (κ2) is 3.50. The minimum Gasteiger partial charge on any atom is -0.308 e. The summed E-state index contributed by atoms with van der Waals surface area (Å²) in [6.07, 6.45) is 6.27. The summed E-state index contributed by atoms with van der Waals surface area (Å²) in [5.41, 5.74) is 0. The van der Waals surface area contributed by atoms with Gasteiger partial charge in [0.2, 0.25) is 0 Å². The highest BCUT2D eigenvalue weighted by atomic mass is 16.2. The molecule has 0 radical (unpaired) electrons. The van der Waals surface area contributed by atoms with E-state index in [-0.39, 0.29) is 12.1 Å². The van der Waals surface area contributed by atoms with Gasteiger partial charge in [-0.1, -0.05) is 0 Å². The van der Waals surface area contributed by atoms with Crippen LogP contribution in [0.2, 0.25) is 0 Å². The summed E-state index contributed by atoms with van der Waals surface area (Å²) in [6.45, 7) is 0.662. The standard InChI is InChI=1S/C9H10N4O/c10-6-8-2-1-4-13(8)9(14)12-5-3-11-7-12/h3,5,7-8H,1-2,4H2/t8-/m0/s1. The summed E-state index contributed by atoms with van der Waals surface area (Å²) in [5, 5.41) is 8.81. The predicted molar refractivity (Wildman–Crippen MR) is 48.4 cm³/mol. The summed E-state index contributed by atoms with van der Waals surface area (Å²) in [6, 6.07) is 1.69. The smallest absolute Gasteiger partial charge is 0.308 e. The number of nitrogens with zero attached hydrogens (tertiary/aromatic N) is 4. The van der Waals surface area contributed by atoms with E-state index in [1.807, 2.05) is 0 Å². The molecule has 14 heavy (non-hydrogen) atoms. The van der Waals surface area contributed by atoms with Gasteiger partial charge in [0.1, 0.15) is 12.4 Å². The van der Waals surface area contributed by atoms with E-state index in [4.69, 9.17) is 5.26 Å². The van der Waals surface area contributed by atoms with Gasteiger partial charge in [-0.15, -0.1) is 0 Å². The maximum absolute atomic E-state index is 11.8. The molecule has 1 aromatic rings. The van der Waals surface area contributed by atoms with Gasteiger partial charge in [0.15, 0.2) is 0 Å². The topological polar surface area (TPSA) is 61.9 Å². The molecule has 2 heterocycles. The van der Waals surface area contributed by atoms with Crippen LogP contribution in [0.15, 0.2) is 18.7 Å². The van der Waals surface area contributed by atoms with Gasteiger partial charge in [0.25, 0.3) is 0 Å². The molecule has 0 unspecified atom stereocenters. The fourth-order valence-electron chi connectivity index (χ4n) is 1.65. The van der Waals surface area contributed by atoms with Gasteiger partial charge >= 0.3 is 6.03 Å². The van der Waals surface area contributed by atoms with Gasteiger partial charge in [-0.25, -0.2) is 9.78 Å². The summed E-state index contributed by atoms with van der Waals surface area (Å²) in [5.74, 6) is 0. The SMILES string of the molecule is N#C[C@@H]1CCCN1C(=O)n1ccnc1. The molecule has 1 aliphatic heterocycles. The average molecular weight is 190 g/mol. The Labute approximate surface area is 81.6 Å². The molecule has 1 aromatic heterocycles. The molecule has 0 saturated carbocycles. The van der Waals surface area contributed by atoms with Crippen LogP contribution in [0.1, 0.15) is 12.8 Å². The molecule has 5 heteroatoms. The van der Waals surface area contributed by atoms with Crippen LogP contribution in [0.3, 0.4) is 0 Å². The van der Waals surface area contributed by atoms with E-state index >= 15 is 0 Å². The Kier molecular flexibility index (Phi) is 2.19. The van der Waals surface area contributed by atoms with Crippen LogP contribution in [-0.2, 0) is 0 Å². The van der Waals surface area contributed by atoms with Gasteiger partial charge in [0, 0.05) is 18.9 Å². The van der Waals surface area contributed by atoms with Crippen molar-refractivity contribution in [2.45, 2.75) is 18.9 Å². The third kappa shape index (κ3) is 1.35. The number of nitriles is 1. The molecule has 1 amide bonds. The molecule has 1 atom stereocenters. The highest BCUT2D eigenvalue weighted by molar-refractivity contribution is 5.77. The highest BCUT2D eigenvalue weighted by Gasteiger charge is 2.29. The van der Waals surface area contributed by atoms with Crippen molar-refractivity contribution in [2.24, 2.45) is 0 Å². The zero-order valence-electron chi connectivity index (χ0n) is 7.63. The maximum atomic E-state index is 11.8. The van der Waals surface area contributed by atoms with E-state index in [1.54, 1.807) is 17.3 Å². The van der Waals surface area contributed by atoms with Crippen molar-refractivity contribution in [3.8, 4) is 6.07 Å². The highest BCUT2D eigenvalue weighted by Crippen LogP contribution is 2.17. The number of rotatable bonds is 0. The van der Waals surface area contributed by atoms with Crippen molar-refractivity contribution in [3.63, 3.8) is 0 Å². The van der Waals surface area contributed by atoms with Crippen molar-refractivity contribution in [2.75, 3.05) is 6.54 Å². The summed E-state index contributed by atoms with van der Waals surface area (Å²) < 4.78 is 1.40. The molecule has 0 aromatic carbocycles. The lowest BCUT2D eigenvalue weighted by Gasteiger charge is -2.18. The summed E-state index contributed by atoms with van der Waals surface area (Å²) in [4.78, 5) is 17.2. The quantitative estimate of drug-likeness (QED) is 0.609. The molecule has 0 N–H and O–H groups in total. The first-order valence-corrected chi connectivity index (χ1v) is 4.51. The number of carbonyl (C=O) groups is 1. The number of likely N-dealkylation sites (tertiary alicyclic amines) is 1. The van der Waals surface area contributed by atoms with Crippen molar-refractivity contribution in [1.29, 1.82) is 5.26 Å². The van der Waals surface area contributed by atoms with Crippen LogP contribution < -0.4 is 0 Å². The molecule has 1 fully saturated rings. The fourth-order valence-corrected chi connectivity index (χ4v) is 1.65. The minimum atomic E-state index is -0.273. The Morgan fingerprint density at radius 1 is 1.64 bits per heavy atom. The van der Waals surface area contributed by atoms with Crippen LogP contribution in [-0.4, -0.2) is 33.1 Å². The van der Waals surface area contributed by atoms with E-state index in [1.165, 1.54) is 10.9 Å². The van der Waals surface area contributed by atoms with Crippen molar-refractivity contribution >= 4 is 6.03 Å². The second-order valence-corrected chi connectivity index (χ2v) is 3.23. The first kappa shape index (κ1) is 8.75. The zero-order valence-corrected chi connectivity index (χ0v) is 7.63. The molecule has 72 valence electrons. The number of imidazole rings is 1. The first-order chi connectivity index (χ1) is 6.83. The molecular weight excluding hydrogens is 180 g/mol. The summed E-state index contributed by atoms with van der Waals surface area (Å²) in [7, 11) is 0. The van der Waals surface area contributed by atoms with Crippen molar-refractivity contribution in [1.82, 2.24) is 14.5 Å². The van der Waals surface area contributed by atoms with Gasteiger partial charge in [0.05, 0.1) is 6.07 Å². The Balaban J connectivity index is 2.16. The van der Waals surface area contributed by atoms with Gasteiger partial charge < -0.3 is 4.90 Å². The lowest BCUT2D eigenvalue weighted by molar-refractivity contribution is 0.203. The number of carbonyl (C=O) groups excluding carboxylic acids is 1. The maximum Gasteiger partial charge on any atom is 0.330 e. The largest absolute Gasteiger partial charge is 0.330 e. The number of amides is 1. The molecular formula is C9H10N4O. The number of aromatic nitrogens is 2. The van der Waals surface area contributed by atoms with Crippen LogP contribution in [0, 0.1) is 11.3 Å². The van der Waals surface area contributed by atoms with E-state index in [2.05, 4.69) is 11.1 Å². The molecule has 0 aliphatic carbocycles. The van der Waals surface area contributed by atoms with Crippen LogP contribution in [0.25, 0.3) is 0 Å². The average Bonchev–Trinajstić information content (AvgIpc) is 2.87. The number of hydrogen-bond donors (Lipinski definition) is 0. The lowest BCUT2D eigenvalue weighted by atomic mass is 10.2. The Morgan fingerprint density at radius 2 is 2.50 bits per heavy atom. The normalized spacial score (nSPS) is 20.8. The molecule has 0 spiro atoms. The third-order valence-corrected chi connectivity index (χ3v) is 2.37. The Bertz CT molecular complexity index is 365. The lowest BCUT2D eigenvalue weighted by Crippen LogP contribution is -2.37. The Morgan fingerprint density at radius 3 is 3.14 bits per heavy atom. The van der Waals surface area contributed by atoms with E-state index in [0.29, 0.717) is 6.54 Å². The molecule has 1 saturated heterocycles. The molecule has 5 nitrogen and oxygen atoms in total. The van der Waals surface area contributed by atoms with Crippen LogP contribution in [0.4, 0.5) is 4.79 Å². The van der Waals surface area contributed by atoms with Gasteiger partial charge in [-0.05, 0) is 12.8 Å². The monoisotopic (exact) mass is 190 g/mol. The molecule has 1 aliphatic rings. The molecule has 0 bridgehead atoms. The second-order valence-electron chi connectivity index (χ2n) is 3.23. The number of hydrogen-bond acceptors (Lipinski definition) is 3.